The number of nitrogens with one attached hydrogen (secondary N) is 1. The van der Waals surface area contributed by atoms with Crippen LogP contribution >= 0.6 is 0 Å². The maximum absolute atomic E-state index is 12.4. The average molecular weight is 589 g/mol. The van der Waals surface area contributed by atoms with E-state index < -0.39 is 0 Å². The molecule has 3 aliphatic carbocycles. The van der Waals surface area contributed by atoms with Crippen molar-refractivity contribution in [2.45, 2.75) is 86.0 Å². The maximum atomic E-state index is 12.4. The Bertz CT molecular complexity index is 1840. The number of aliphatic hydroxyl groups excluding tert-OH is 1. The van der Waals surface area contributed by atoms with Crippen LogP contribution in [0.5, 0.6) is 0 Å². The minimum absolute atomic E-state index is 0.0740. The molecule has 0 aromatic carbocycles. The van der Waals surface area contributed by atoms with Gasteiger partial charge in [0.25, 0.3) is 0 Å². The number of aliphatic imine (C=N–C) groups is 3. The molecule has 2 fully saturated rings. The number of carbonyl (C=O) groups is 1. The number of methoxy groups -OCH3 is 1. The molecule has 7 heteroatoms. The predicted octanol–water partition coefficient (Wildman–Crippen LogP) is 7.56. The van der Waals surface area contributed by atoms with Crippen LogP contribution in [0.15, 0.2) is 105 Å². The molecule has 8 rings (SSSR count). The van der Waals surface area contributed by atoms with Crippen LogP contribution in [0, 0.1) is 17.8 Å². The van der Waals surface area contributed by atoms with Gasteiger partial charge in [0.15, 0.2) is 0 Å². The van der Waals surface area contributed by atoms with E-state index in [4.69, 9.17) is 19.7 Å². The molecular weight excluding hydrogens is 548 g/mol. The van der Waals surface area contributed by atoms with Crippen molar-refractivity contribution < 1.29 is 14.6 Å². The van der Waals surface area contributed by atoms with Gasteiger partial charge in [-0.1, -0.05) is 13.8 Å². The molecule has 226 valence electrons. The number of fused-ring (bicyclic) bond motifs is 5. The van der Waals surface area contributed by atoms with E-state index in [-0.39, 0.29) is 17.8 Å². The fourth-order valence-corrected chi connectivity index (χ4v) is 8.47. The average Bonchev–Trinajstić information content (AvgIpc) is 3.37. The van der Waals surface area contributed by atoms with Crippen LogP contribution in [0.1, 0.15) is 86.0 Å². The van der Waals surface area contributed by atoms with E-state index in [9.17, 15) is 9.90 Å². The van der Waals surface area contributed by atoms with Crippen molar-refractivity contribution in [1.29, 1.82) is 0 Å². The number of rotatable bonds is 5. The van der Waals surface area contributed by atoms with E-state index in [0.29, 0.717) is 30.9 Å². The topological polar surface area (TPSA) is 95.6 Å². The van der Waals surface area contributed by atoms with E-state index in [0.717, 1.165) is 88.7 Å². The molecule has 0 unspecified atom stereocenters. The summed E-state index contributed by atoms with van der Waals surface area (Å²) >= 11 is 0. The van der Waals surface area contributed by atoms with Crippen molar-refractivity contribution in [2.75, 3.05) is 7.11 Å². The van der Waals surface area contributed by atoms with Gasteiger partial charge in [-0.25, -0.2) is 15.0 Å². The summed E-state index contributed by atoms with van der Waals surface area (Å²) in [5.41, 5.74) is 19.0. The molecule has 0 aromatic rings. The first-order chi connectivity index (χ1) is 21.2. The Morgan fingerprint density at radius 1 is 0.955 bits per heavy atom. The van der Waals surface area contributed by atoms with Gasteiger partial charge in [-0.05, 0) is 93.6 Å². The molecule has 7 nitrogen and oxygen atoms in total. The highest BCUT2D eigenvalue weighted by atomic mass is 16.5. The van der Waals surface area contributed by atoms with Crippen molar-refractivity contribution in [3.05, 3.63) is 90.5 Å². The number of hydrogen-bond donors (Lipinski definition) is 2. The third-order valence-corrected chi connectivity index (χ3v) is 11.1. The van der Waals surface area contributed by atoms with Crippen molar-refractivity contribution in [1.82, 2.24) is 5.32 Å². The second-order valence-corrected chi connectivity index (χ2v) is 13.4. The van der Waals surface area contributed by atoms with Crippen LogP contribution in [0.3, 0.4) is 0 Å². The van der Waals surface area contributed by atoms with Crippen LogP contribution < -0.4 is 5.32 Å². The third-order valence-electron chi connectivity index (χ3n) is 11.1. The largest absolute Gasteiger partial charge is 0.511 e. The first-order valence-electron chi connectivity index (χ1n) is 16.3. The second kappa shape index (κ2) is 9.75. The molecule has 44 heavy (non-hydrogen) atoms. The summed E-state index contributed by atoms with van der Waals surface area (Å²) in [6, 6.07) is 0. The summed E-state index contributed by atoms with van der Waals surface area (Å²) in [5, 5.41) is 15.2. The van der Waals surface area contributed by atoms with Crippen LogP contribution in [0.25, 0.3) is 0 Å². The van der Waals surface area contributed by atoms with E-state index in [1.54, 1.807) is 0 Å². The molecule has 8 bridgehead atoms. The highest BCUT2D eigenvalue weighted by Crippen LogP contribution is 2.52. The van der Waals surface area contributed by atoms with Crippen molar-refractivity contribution in [3.63, 3.8) is 0 Å². The van der Waals surface area contributed by atoms with Gasteiger partial charge in [-0.15, -0.1) is 0 Å². The summed E-state index contributed by atoms with van der Waals surface area (Å²) < 4.78 is 5.05. The molecule has 5 aliphatic heterocycles. The first-order valence-corrected chi connectivity index (χ1v) is 16.3. The Kier molecular flexibility index (Phi) is 6.10. The molecule has 2 atom stereocenters. The predicted molar refractivity (Wildman–Crippen MR) is 173 cm³/mol. The standard InChI is InChI=1S/C37H40N4O3/c1-7-21-16(2)31-24-11-10-22-17(3)33(40-35(22)24)30(20-8-9-20)34-18(4)23(12-13-29(43)44-6)36(41-34)26-15-28(42)25-14-27(38-37(25)26)19(5)32(21)39-31/h14,18,20,23,41-42H,7-13,15H2,1-6H3/t18-,23-/m0/s1. The molecule has 8 aliphatic rings. The molecule has 1 saturated carbocycles. The second-order valence-electron chi connectivity index (χ2n) is 13.4. The summed E-state index contributed by atoms with van der Waals surface area (Å²) in [5.74, 6) is 0.859. The summed E-state index contributed by atoms with van der Waals surface area (Å²) in [7, 11) is 1.45. The number of hydrogen-bond acceptors (Lipinski definition) is 7. The lowest BCUT2D eigenvalue weighted by Gasteiger charge is -2.18. The van der Waals surface area contributed by atoms with Gasteiger partial charge < -0.3 is 15.2 Å². The van der Waals surface area contributed by atoms with Gasteiger partial charge in [0.2, 0.25) is 0 Å². The number of esters is 1. The molecule has 0 radical (unpaired) electrons. The molecule has 5 heterocycles. The zero-order chi connectivity index (χ0) is 30.6. The SMILES string of the molecule is CCC1=C(C)C2=NC1=C(C)C1=CC3=C(O)CC(=C4NC(=C(C5CC5)C5=NC6=C2CCC6=C5C)[C@@H](C)[C@@H]4CCC(=O)OC)C3=N1. The number of ether oxygens (including phenoxy) is 1. The van der Waals surface area contributed by atoms with Crippen LogP contribution in [0.4, 0.5) is 0 Å². The Labute approximate surface area is 259 Å². The van der Waals surface area contributed by atoms with Gasteiger partial charge in [0, 0.05) is 63.9 Å². The summed E-state index contributed by atoms with van der Waals surface area (Å²) in [4.78, 5) is 28.4. The molecule has 1 saturated heterocycles. The quantitative estimate of drug-likeness (QED) is 0.324. The van der Waals surface area contributed by atoms with Crippen LogP contribution in [0.2, 0.25) is 0 Å². The van der Waals surface area contributed by atoms with Gasteiger partial charge in [0.1, 0.15) is 5.76 Å². The Hall–Kier alpha value is -4.00. The first kappa shape index (κ1) is 27.5. The minimum atomic E-state index is -0.198. The lowest BCUT2D eigenvalue weighted by atomic mass is 9.84. The van der Waals surface area contributed by atoms with E-state index in [1.165, 1.54) is 46.2 Å². The van der Waals surface area contributed by atoms with Gasteiger partial charge in [-0.2, -0.15) is 0 Å². The highest BCUT2D eigenvalue weighted by Gasteiger charge is 2.45. The molecule has 2 N–H and O–H groups in total. The Morgan fingerprint density at radius 2 is 1.70 bits per heavy atom. The molecule has 0 spiro atoms. The highest BCUT2D eigenvalue weighted by molar-refractivity contribution is 6.22. The van der Waals surface area contributed by atoms with Gasteiger partial charge in [0.05, 0.1) is 41.3 Å². The Morgan fingerprint density at radius 3 is 2.43 bits per heavy atom. The number of nitrogens with zero attached hydrogens (tertiary/aromatic N) is 3. The maximum Gasteiger partial charge on any atom is 0.305 e. The van der Waals surface area contributed by atoms with Gasteiger partial charge in [-0.3, -0.25) is 4.79 Å². The smallest absolute Gasteiger partial charge is 0.305 e. The zero-order valence-electron chi connectivity index (χ0n) is 26.6. The molecular formula is C37H40N4O3. The summed E-state index contributed by atoms with van der Waals surface area (Å²) in [6.45, 7) is 11.1. The zero-order valence-corrected chi connectivity index (χ0v) is 26.6. The third kappa shape index (κ3) is 3.80. The minimum Gasteiger partial charge on any atom is -0.511 e. The number of aliphatic hydroxyl groups is 1. The fourth-order valence-electron chi connectivity index (χ4n) is 8.47. The van der Waals surface area contributed by atoms with Crippen molar-refractivity contribution >= 4 is 23.1 Å². The van der Waals surface area contributed by atoms with E-state index in [1.807, 2.05) is 6.08 Å². The molecule has 0 aromatic heterocycles. The summed E-state index contributed by atoms with van der Waals surface area (Å²) in [6.07, 6.45) is 8.64. The van der Waals surface area contributed by atoms with Crippen molar-refractivity contribution in [2.24, 2.45) is 32.7 Å². The number of allylic oxidation sites excluding steroid dienone is 12. The Balaban J connectivity index is 1.41. The van der Waals surface area contributed by atoms with E-state index >= 15 is 0 Å². The lowest BCUT2D eigenvalue weighted by molar-refractivity contribution is -0.140. The fraction of sp³-hybridized carbons (Fsp3) is 0.459. The monoisotopic (exact) mass is 588 g/mol. The van der Waals surface area contributed by atoms with Crippen LogP contribution in [-0.4, -0.2) is 35.3 Å². The van der Waals surface area contributed by atoms with Crippen molar-refractivity contribution in [3.8, 4) is 0 Å². The van der Waals surface area contributed by atoms with Gasteiger partial charge >= 0.3 is 5.97 Å². The lowest BCUT2D eigenvalue weighted by Crippen LogP contribution is -2.17. The number of carbonyl (C=O) groups excluding carboxylic acids is 1. The normalized spacial score (nSPS) is 27.3. The van der Waals surface area contributed by atoms with Crippen LogP contribution in [-0.2, 0) is 9.53 Å². The van der Waals surface area contributed by atoms with E-state index in [2.05, 4.69) is 39.9 Å². The molecule has 0 amide bonds.